The molecule has 1 saturated heterocycles. The van der Waals surface area contributed by atoms with E-state index >= 15 is 0 Å². The third-order valence-electron chi connectivity index (χ3n) is 4.04. The lowest BCUT2D eigenvalue weighted by molar-refractivity contribution is 0.0511. The molecule has 0 saturated carbocycles. The third-order valence-corrected chi connectivity index (χ3v) is 4.04. The number of nitrogens with zero attached hydrogens (tertiary/aromatic N) is 3. The van der Waals surface area contributed by atoms with Crippen molar-refractivity contribution in [1.29, 1.82) is 0 Å². The van der Waals surface area contributed by atoms with E-state index < -0.39 is 0 Å². The highest BCUT2D eigenvalue weighted by atomic mass is 16.6. The summed E-state index contributed by atoms with van der Waals surface area (Å²) in [4.78, 5) is 18.5. The summed E-state index contributed by atoms with van der Waals surface area (Å²) < 4.78 is 5.52. The maximum Gasteiger partial charge on any atom is 0.410 e. The van der Waals surface area contributed by atoms with Crippen molar-refractivity contribution in [2.24, 2.45) is 0 Å². The molecule has 0 aromatic heterocycles. The van der Waals surface area contributed by atoms with Crippen molar-refractivity contribution in [2.75, 3.05) is 52.9 Å². The summed E-state index contributed by atoms with van der Waals surface area (Å²) in [5.41, 5.74) is 0. The Morgan fingerprint density at radius 3 is 2.35 bits per heavy atom. The number of hydrogen-bond donors (Lipinski definition) is 0. The molecule has 1 unspecified atom stereocenters. The number of rotatable bonds is 7. The van der Waals surface area contributed by atoms with Gasteiger partial charge >= 0.3 is 6.09 Å². The van der Waals surface area contributed by atoms with Crippen molar-refractivity contribution in [3.8, 4) is 0 Å². The number of carbonyl (C=O) groups is 1. The highest BCUT2D eigenvalue weighted by Crippen LogP contribution is 2.08. The molecule has 1 aliphatic rings. The smallest absolute Gasteiger partial charge is 0.410 e. The lowest BCUT2D eigenvalue weighted by atomic mass is 10.2. The van der Waals surface area contributed by atoms with Crippen LogP contribution in [0.5, 0.6) is 0 Å². The minimum absolute atomic E-state index is 0.0118. The molecule has 1 aliphatic heterocycles. The molecule has 5 heteroatoms. The van der Waals surface area contributed by atoms with Crippen molar-refractivity contribution in [3.05, 3.63) is 0 Å². The highest BCUT2D eigenvalue weighted by molar-refractivity contribution is 5.67. The summed E-state index contributed by atoms with van der Waals surface area (Å²) >= 11 is 0. The predicted octanol–water partition coefficient (Wildman–Crippen LogP) is 1.88. The van der Waals surface area contributed by atoms with Crippen molar-refractivity contribution >= 4 is 6.09 Å². The minimum atomic E-state index is -0.145. The molecule has 1 heterocycles. The van der Waals surface area contributed by atoms with E-state index in [0.717, 1.165) is 58.7 Å². The van der Waals surface area contributed by atoms with Crippen molar-refractivity contribution in [3.63, 3.8) is 0 Å². The second-order valence-corrected chi connectivity index (χ2v) is 5.65. The highest BCUT2D eigenvalue weighted by Gasteiger charge is 2.21. The lowest BCUT2D eigenvalue weighted by Gasteiger charge is -2.32. The van der Waals surface area contributed by atoms with Crippen LogP contribution in [0.4, 0.5) is 4.79 Å². The molecule has 0 radical (unpaired) electrons. The summed E-state index contributed by atoms with van der Waals surface area (Å²) in [6.45, 7) is 13.1. The first-order valence-electron chi connectivity index (χ1n) is 7.93. The van der Waals surface area contributed by atoms with E-state index in [9.17, 15) is 4.79 Å². The van der Waals surface area contributed by atoms with Gasteiger partial charge in [-0.15, -0.1) is 0 Å². The predicted molar refractivity (Wildman–Crippen MR) is 82.0 cm³/mol. The van der Waals surface area contributed by atoms with E-state index in [1.165, 1.54) is 0 Å². The van der Waals surface area contributed by atoms with Crippen molar-refractivity contribution in [1.82, 2.24) is 14.7 Å². The van der Waals surface area contributed by atoms with Gasteiger partial charge in [0.05, 0.1) is 0 Å². The Balaban J connectivity index is 2.18. The fourth-order valence-electron chi connectivity index (χ4n) is 2.44. The molecule has 5 nitrogen and oxygen atoms in total. The molecular weight excluding hydrogens is 254 g/mol. The number of hydrogen-bond acceptors (Lipinski definition) is 4. The van der Waals surface area contributed by atoms with Gasteiger partial charge in [-0.1, -0.05) is 13.8 Å². The molecule has 1 amide bonds. The van der Waals surface area contributed by atoms with E-state index in [1.54, 1.807) is 0 Å². The van der Waals surface area contributed by atoms with Crippen LogP contribution in [-0.2, 0) is 4.74 Å². The topological polar surface area (TPSA) is 36.0 Å². The first kappa shape index (κ1) is 17.2. The van der Waals surface area contributed by atoms with Gasteiger partial charge in [0.2, 0.25) is 0 Å². The maximum atomic E-state index is 12.0. The Kier molecular flexibility index (Phi) is 7.92. The Morgan fingerprint density at radius 2 is 1.80 bits per heavy atom. The quantitative estimate of drug-likeness (QED) is 0.715. The monoisotopic (exact) mass is 285 g/mol. The Labute approximate surface area is 123 Å². The summed E-state index contributed by atoms with van der Waals surface area (Å²) in [7, 11) is 2.08. The van der Waals surface area contributed by atoms with Crippen LogP contribution in [0.2, 0.25) is 0 Å². The van der Waals surface area contributed by atoms with Gasteiger partial charge < -0.3 is 19.4 Å². The second-order valence-electron chi connectivity index (χ2n) is 5.65. The van der Waals surface area contributed by atoms with E-state index in [-0.39, 0.29) is 12.2 Å². The molecule has 0 aliphatic carbocycles. The van der Waals surface area contributed by atoms with Crippen LogP contribution >= 0.6 is 0 Å². The number of piperazine rings is 1. The van der Waals surface area contributed by atoms with Gasteiger partial charge in [0.1, 0.15) is 6.10 Å². The van der Waals surface area contributed by atoms with Gasteiger partial charge in [-0.05, 0) is 46.4 Å². The van der Waals surface area contributed by atoms with E-state index in [0.29, 0.717) is 0 Å². The number of likely N-dealkylation sites (N-methyl/N-ethyl adjacent to an activating group) is 1. The normalized spacial score (nSPS) is 18.4. The minimum Gasteiger partial charge on any atom is -0.446 e. The van der Waals surface area contributed by atoms with Gasteiger partial charge in [-0.25, -0.2) is 4.79 Å². The van der Waals surface area contributed by atoms with Crippen LogP contribution < -0.4 is 0 Å². The SMILES string of the molecule is CCN(CC)CCCC(C)OC(=O)N1CCN(C)CC1. The zero-order chi connectivity index (χ0) is 15.0. The van der Waals surface area contributed by atoms with Crippen molar-refractivity contribution < 1.29 is 9.53 Å². The van der Waals surface area contributed by atoms with E-state index in [1.807, 2.05) is 11.8 Å². The standard InChI is InChI=1S/C15H31N3O2/c1-5-17(6-2)9-7-8-14(3)20-15(19)18-12-10-16(4)11-13-18/h14H,5-13H2,1-4H3. The molecular formula is C15H31N3O2. The molecule has 0 N–H and O–H groups in total. The van der Waals surface area contributed by atoms with Crippen LogP contribution in [0.1, 0.15) is 33.6 Å². The molecule has 118 valence electrons. The Morgan fingerprint density at radius 1 is 1.20 bits per heavy atom. The molecule has 0 aromatic carbocycles. The van der Waals surface area contributed by atoms with Gasteiger partial charge in [0.25, 0.3) is 0 Å². The summed E-state index contributed by atoms with van der Waals surface area (Å²) in [6.07, 6.45) is 1.89. The molecule has 1 rings (SSSR count). The zero-order valence-electron chi connectivity index (χ0n) is 13.6. The second kappa shape index (κ2) is 9.19. The molecule has 0 bridgehead atoms. The Hall–Kier alpha value is -0.810. The average molecular weight is 285 g/mol. The summed E-state index contributed by atoms with van der Waals surface area (Å²) in [5, 5.41) is 0. The first-order chi connectivity index (χ1) is 9.56. The van der Waals surface area contributed by atoms with Gasteiger partial charge in [0.15, 0.2) is 0 Å². The van der Waals surface area contributed by atoms with Gasteiger partial charge in [-0.3, -0.25) is 0 Å². The lowest BCUT2D eigenvalue weighted by Crippen LogP contribution is -2.47. The zero-order valence-corrected chi connectivity index (χ0v) is 13.6. The van der Waals surface area contributed by atoms with Crippen LogP contribution in [0.3, 0.4) is 0 Å². The van der Waals surface area contributed by atoms with E-state index in [4.69, 9.17) is 4.74 Å². The molecule has 1 fully saturated rings. The Bertz CT molecular complexity index is 274. The maximum absolute atomic E-state index is 12.0. The fraction of sp³-hybridized carbons (Fsp3) is 0.933. The van der Waals surface area contributed by atoms with Crippen LogP contribution in [-0.4, -0.2) is 79.8 Å². The number of carbonyl (C=O) groups excluding carboxylic acids is 1. The first-order valence-corrected chi connectivity index (χ1v) is 7.93. The number of amides is 1. The summed E-state index contributed by atoms with van der Waals surface area (Å²) in [6, 6.07) is 0. The fourth-order valence-corrected chi connectivity index (χ4v) is 2.44. The molecule has 0 spiro atoms. The molecule has 0 aromatic rings. The van der Waals surface area contributed by atoms with Gasteiger partial charge in [-0.2, -0.15) is 0 Å². The van der Waals surface area contributed by atoms with Crippen molar-refractivity contribution in [2.45, 2.75) is 39.7 Å². The van der Waals surface area contributed by atoms with Gasteiger partial charge in [0, 0.05) is 26.2 Å². The van der Waals surface area contributed by atoms with Crippen LogP contribution in [0.25, 0.3) is 0 Å². The number of ether oxygens (including phenoxy) is 1. The average Bonchev–Trinajstić information content (AvgIpc) is 2.44. The van der Waals surface area contributed by atoms with Crippen LogP contribution in [0, 0.1) is 0 Å². The third kappa shape index (κ3) is 6.09. The molecule has 20 heavy (non-hydrogen) atoms. The van der Waals surface area contributed by atoms with Crippen LogP contribution in [0.15, 0.2) is 0 Å². The summed E-state index contributed by atoms with van der Waals surface area (Å²) in [5.74, 6) is 0. The largest absolute Gasteiger partial charge is 0.446 e. The molecule has 1 atom stereocenters. The van der Waals surface area contributed by atoms with E-state index in [2.05, 4.69) is 30.7 Å².